The Bertz CT molecular complexity index is 369. The van der Waals surface area contributed by atoms with Gasteiger partial charge in [-0.25, -0.2) is 4.79 Å². The number of alkyl halides is 8. The summed E-state index contributed by atoms with van der Waals surface area (Å²) in [6, 6.07) is 0. The summed E-state index contributed by atoms with van der Waals surface area (Å²) in [5.41, 5.74) is 0. The second-order valence-corrected chi connectivity index (χ2v) is 5.99. The molecule has 0 amide bonds. The highest BCUT2D eigenvalue weighted by Gasteiger charge is 2.77. The highest BCUT2D eigenvalue weighted by molar-refractivity contribution is 14.1. The highest BCUT2D eigenvalue weighted by Crippen LogP contribution is 2.47. The quantitative estimate of drug-likeness (QED) is 0.296. The number of rotatable bonds is 3. The van der Waals surface area contributed by atoms with Crippen molar-refractivity contribution in [3.63, 3.8) is 0 Å². The van der Waals surface area contributed by atoms with Gasteiger partial charge in [-0.1, -0.05) is 29.0 Å². The largest absolute Gasteiger partial charge is 0.460 e. The van der Waals surface area contributed by atoms with Gasteiger partial charge in [0.2, 0.25) is 0 Å². The molecule has 2 nitrogen and oxygen atoms in total. The number of carbonyl (C=O) groups is 1. The van der Waals surface area contributed by atoms with Gasteiger partial charge in [0, 0.05) is 3.92 Å². The Labute approximate surface area is 123 Å². The number of esters is 1. The van der Waals surface area contributed by atoms with E-state index < -0.39 is 30.1 Å². The van der Waals surface area contributed by atoms with Gasteiger partial charge in [-0.05, 0) is 19.3 Å². The molecule has 118 valence electrons. The fourth-order valence-corrected chi connectivity index (χ4v) is 2.65. The zero-order chi connectivity index (χ0) is 15.8. The standard InChI is InChI=1S/C10H10F7IO2/c11-8(12,9(13,14)10(15,16)17)7(19)20-6-4-2-1-3-5(6)18/h5-6H,1-4H2/t5-,6-/m1/s1. The lowest BCUT2D eigenvalue weighted by Crippen LogP contribution is -2.57. The number of hydrogen-bond acceptors (Lipinski definition) is 2. The third kappa shape index (κ3) is 3.30. The fraction of sp³-hybridized carbons (Fsp3) is 0.900. The third-order valence-corrected chi connectivity index (χ3v) is 4.31. The third-order valence-electron chi connectivity index (χ3n) is 2.89. The molecule has 0 aromatic heterocycles. The van der Waals surface area contributed by atoms with Gasteiger partial charge in [-0.2, -0.15) is 30.7 Å². The minimum atomic E-state index is -6.54. The van der Waals surface area contributed by atoms with Crippen molar-refractivity contribution in [1.29, 1.82) is 0 Å². The molecule has 0 unspecified atom stereocenters. The van der Waals surface area contributed by atoms with E-state index in [9.17, 15) is 35.5 Å². The number of hydrogen-bond donors (Lipinski definition) is 0. The Kier molecular flexibility index (Phi) is 5.18. The Morgan fingerprint density at radius 2 is 1.50 bits per heavy atom. The maximum Gasteiger partial charge on any atom is 0.460 e. The van der Waals surface area contributed by atoms with Gasteiger partial charge >= 0.3 is 24.0 Å². The molecule has 1 aliphatic carbocycles. The van der Waals surface area contributed by atoms with E-state index in [1.165, 1.54) is 0 Å². The van der Waals surface area contributed by atoms with Gasteiger partial charge in [-0.3, -0.25) is 0 Å². The average Bonchev–Trinajstić information content (AvgIpc) is 2.30. The van der Waals surface area contributed by atoms with E-state index in [0.717, 1.165) is 6.42 Å². The fourth-order valence-electron chi connectivity index (χ4n) is 1.70. The molecule has 20 heavy (non-hydrogen) atoms. The van der Waals surface area contributed by atoms with E-state index in [4.69, 9.17) is 0 Å². The van der Waals surface area contributed by atoms with E-state index >= 15 is 0 Å². The highest BCUT2D eigenvalue weighted by atomic mass is 127. The van der Waals surface area contributed by atoms with Crippen LogP contribution in [-0.4, -0.2) is 34.0 Å². The van der Waals surface area contributed by atoms with Gasteiger partial charge in [0.25, 0.3) is 0 Å². The van der Waals surface area contributed by atoms with Crippen LogP contribution in [0, 0.1) is 0 Å². The maximum absolute atomic E-state index is 13.0. The summed E-state index contributed by atoms with van der Waals surface area (Å²) in [4.78, 5) is 11.0. The predicted molar refractivity (Wildman–Crippen MR) is 62.1 cm³/mol. The molecule has 0 N–H and O–H groups in total. The number of halogens is 8. The molecule has 1 fully saturated rings. The van der Waals surface area contributed by atoms with Crippen LogP contribution in [-0.2, 0) is 9.53 Å². The topological polar surface area (TPSA) is 26.3 Å². The normalized spacial score (nSPS) is 25.4. The van der Waals surface area contributed by atoms with Crippen molar-refractivity contribution in [2.75, 3.05) is 0 Å². The molecular formula is C10H10F7IO2. The van der Waals surface area contributed by atoms with Crippen LogP contribution >= 0.6 is 22.6 Å². The van der Waals surface area contributed by atoms with Gasteiger partial charge in [0.15, 0.2) is 0 Å². The van der Waals surface area contributed by atoms with E-state index in [-0.39, 0.29) is 10.3 Å². The van der Waals surface area contributed by atoms with Crippen molar-refractivity contribution in [3.05, 3.63) is 0 Å². The lowest BCUT2D eigenvalue weighted by molar-refractivity contribution is -0.349. The maximum atomic E-state index is 13.0. The minimum absolute atomic E-state index is 0.160. The molecule has 0 spiro atoms. The molecule has 1 rings (SSSR count). The Morgan fingerprint density at radius 1 is 1.00 bits per heavy atom. The molecule has 0 bridgehead atoms. The monoisotopic (exact) mass is 422 g/mol. The summed E-state index contributed by atoms with van der Waals surface area (Å²) in [5, 5.41) is 0. The van der Waals surface area contributed by atoms with Crippen LogP contribution in [0.3, 0.4) is 0 Å². The van der Waals surface area contributed by atoms with Crippen molar-refractivity contribution < 1.29 is 40.3 Å². The summed E-state index contributed by atoms with van der Waals surface area (Å²) >= 11 is 1.79. The Hall–Kier alpha value is -0.290. The molecule has 0 saturated heterocycles. The molecule has 0 aromatic rings. The number of carbonyl (C=O) groups excluding carboxylic acids is 1. The molecule has 0 aliphatic heterocycles. The predicted octanol–water partition coefficient (Wildman–Crippen LogP) is 4.11. The van der Waals surface area contributed by atoms with E-state index in [0.29, 0.717) is 12.8 Å². The van der Waals surface area contributed by atoms with Crippen LogP contribution in [0.5, 0.6) is 0 Å². The zero-order valence-electron chi connectivity index (χ0n) is 9.82. The van der Waals surface area contributed by atoms with Gasteiger partial charge < -0.3 is 4.74 Å². The van der Waals surface area contributed by atoms with E-state index in [1.807, 2.05) is 0 Å². The summed E-state index contributed by atoms with van der Waals surface area (Å²) < 4.78 is 90.8. The molecule has 1 aliphatic rings. The molecule has 1 saturated carbocycles. The van der Waals surface area contributed by atoms with Gasteiger partial charge in [-0.15, -0.1) is 0 Å². The van der Waals surface area contributed by atoms with Crippen molar-refractivity contribution in [1.82, 2.24) is 0 Å². The SMILES string of the molecule is O=C(O[C@@H]1CCCC[C@H]1I)C(F)(F)C(F)(F)C(F)(F)F. The van der Waals surface area contributed by atoms with Gasteiger partial charge in [0.05, 0.1) is 0 Å². The lowest BCUT2D eigenvalue weighted by atomic mass is 9.97. The molecule has 0 radical (unpaired) electrons. The van der Waals surface area contributed by atoms with E-state index in [2.05, 4.69) is 4.74 Å². The first-order chi connectivity index (χ1) is 8.91. The van der Waals surface area contributed by atoms with E-state index in [1.54, 1.807) is 22.6 Å². The van der Waals surface area contributed by atoms with Gasteiger partial charge in [0.1, 0.15) is 6.10 Å². The van der Waals surface area contributed by atoms with Crippen molar-refractivity contribution in [3.8, 4) is 0 Å². The summed E-state index contributed by atoms with van der Waals surface area (Å²) in [5.74, 6) is -15.3. The Morgan fingerprint density at radius 3 is 1.95 bits per heavy atom. The summed E-state index contributed by atoms with van der Waals surface area (Å²) in [7, 11) is 0. The minimum Gasteiger partial charge on any atom is -0.457 e. The van der Waals surface area contributed by atoms with Crippen LogP contribution in [0.2, 0.25) is 0 Å². The average molecular weight is 422 g/mol. The number of ether oxygens (including phenoxy) is 1. The van der Waals surface area contributed by atoms with Crippen LogP contribution in [0.15, 0.2) is 0 Å². The molecule has 0 heterocycles. The van der Waals surface area contributed by atoms with Crippen LogP contribution in [0.4, 0.5) is 30.7 Å². The lowest BCUT2D eigenvalue weighted by Gasteiger charge is -2.31. The first kappa shape index (κ1) is 17.8. The zero-order valence-corrected chi connectivity index (χ0v) is 12.0. The molecule has 0 aromatic carbocycles. The summed E-state index contributed by atoms with van der Waals surface area (Å²) in [6.07, 6.45) is -5.67. The first-order valence-electron chi connectivity index (χ1n) is 5.58. The molecular weight excluding hydrogens is 412 g/mol. The molecule has 10 heteroatoms. The second-order valence-electron chi connectivity index (χ2n) is 4.39. The van der Waals surface area contributed by atoms with Crippen molar-refractivity contribution >= 4 is 28.6 Å². The molecule has 2 atom stereocenters. The Balaban J connectivity index is 2.84. The smallest absolute Gasteiger partial charge is 0.457 e. The van der Waals surface area contributed by atoms with Crippen molar-refractivity contribution in [2.24, 2.45) is 0 Å². The second kappa shape index (κ2) is 5.84. The van der Waals surface area contributed by atoms with Crippen LogP contribution < -0.4 is 0 Å². The first-order valence-corrected chi connectivity index (χ1v) is 6.83. The van der Waals surface area contributed by atoms with Crippen molar-refractivity contribution in [2.45, 2.75) is 53.7 Å². The van der Waals surface area contributed by atoms with Crippen LogP contribution in [0.25, 0.3) is 0 Å². The summed E-state index contributed by atoms with van der Waals surface area (Å²) in [6.45, 7) is 0. The van der Waals surface area contributed by atoms with Crippen LogP contribution in [0.1, 0.15) is 25.7 Å².